The maximum atomic E-state index is 5.59. The molecule has 0 aliphatic rings. The number of nitrogens with two attached hydrogens (primary N) is 1. The highest BCUT2D eigenvalue weighted by molar-refractivity contribution is 5.36. The molecule has 1 rings (SSSR count). The number of rotatable bonds is 5. The monoisotopic (exact) mass is 209 g/mol. The smallest absolute Gasteiger partial charge is 0.226 e. The molecule has 5 nitrogen and oxygen atoms in total. The fraction of sp³-hybridized carbons (Fsp3) is 0.600. The molecule has 84 valence electrons. The third-order valence-corrected chi connectivity index (χ3v) is 2.10. The van der Waals surface area contributed by atoms with Crippen LogP contribution in [0.25, 0.3) is 0 Å². The van der Waals surface area contributed by atoms with E-state index < -0.39 is 0 Å². The average Bonchev–Trinajstić information content (AvgIpc) is 2.17. The third-order valence-electron chi connectivity index (χ3n) is 2.10. The van der Waals surface area contributed by atoms with E-state index in [-0.39, 0.29) is 0 Å². The minimum absolute atomic E-state index is 0.513. The zero-order chi connectivity index (χ0) is 11.3. The molecule has 1 aromatic heterocycles. The molecular formula is C10H19N5. The van der Waals surface area contributed by atoms with E-state index in [1.54, 1.807) is 12.3 Å². The van der Waals surface area contributed by atoms with Crippen molar-refractivity contribution < 1.29 is 0 Å². The van der Waals surface area contributed by atoms with Gasteiger partial charge in [-0.25, -0.2) is 4.98 Å². The molecule has 0 radical (unpaired) electrons. The summed E-state index contributed by atoms with van der Waals surface area (Å²) in [6.45, 7) is 1.99. The van der Waals surface area contributed by atoms with Gasteiger partial charge in [0.1, 0.15) is 5.82 Å². The summed E-state index contributed by atoms with van der Waals surface area (Å²) < 4.78 is 0. The van der Waals surface area contributed by atoms with Gasteiger partial charge in [-0.2, -0.15) is 4.98 Å². The quantitative estimate of drug-likeness (QED) is 0.763. The molecule has 5 heteroatoms. The molecule has 0 fully saturated rings. The van der Waals surface area contributed by atoms with Crippen LogP contribution in [0.2, 0.25) is 0 Å². The van der Waals surface area contributed by atoms with Gasteiger partial charge in [0.15, 0.2) is 0 Å². The van der Waals surface area contributed by atoms with Gasteiger partial charge in [-0.05, 0) is 33.1 Å². The number of hydrogen-bond acceptors (Lipinski definition) is 5. The second-order valence-electron chi connectivity index (χ2n) is 3.86. The molecule has 0 saturated heterocycles. The van der Waals surface area contributed by atoms with Crippen molar-refractivity contribution in [3.63, 3.8) is 0 Å². The summed E-state index contributed by atoms with van der Waals surface area (Å²) in [6, 6.07) is 1.69. The summed E-state index contributed by atoms with van der Waals surface area (Å²) >= 11 is 0. The summed E-state index contributed by atoms with van der Waals surface area (Å²) in [5.74, 6) is 1.20. The number of anilines is 2. The lowest BCUT2D eigenvalue weighted by Crippen LogP contribution is -2.24. The number of nitrogen functional groups attached to an aromatic ring is 1. The molecule has 0 atom stereocenters. The summed E-state index contributed by atoms with van der Waals surface area (Å²) in [6.07, 6.45) is 2.77. The standard InChI is InChI=1S/C10H19N5/c1-14(2)7-4-8-15(3)10-12-6-5-9(11)13-10/h5-6H,4,7-8H2,1-3H3,(H2,11,12,13). The molecule has 0 aromatic carbocycles. The first-order chi connectivity index (χ1) is 7.09. The van der Waals surface area contributed by atoms with Crippen LogP contribution >= 0.6 is 0 Å². The van der Waals surface area contributed by atoms with E-state index >= 15 is 0 Å². The highest BCUT2D eigenvalue weighted by atomic mass is 15.2. The van der Waals surface area contributed by atoms with Crippen molar-refractivity contribution in [2.45, 2.75) is 6.42 Å². The van der Waals surface area contributed by atoms with E-state index in [0.29, 0.717) is 11.8 Å². The third kappa shape index (κ3) is 4.12. The molecule has 0 spiro atoms. The predicted octanol–water partition coefficient (Wildman–Crippen LogP) is 0.447. The second kappa shape index (κ2) is 5.50. The van der Waals surface area contributed by atoms with Crippen molar-refractivity contribution in [3.8, 4) is 0 Å². The molecule has 1 aromatic rings. The maximum Gasteiger partial charge on any atom is 0.226 e. The lowest BCUT2D eigenvalue weighted by molar-refractivity contribution is 0.401. The molecular weight excluding hydrogens is 190 g/mol. The number of nitrogens with zero attached hydrogens (tertiary/aromatic N) is 4. The van der Waals surface area contributed by atoms with Gasteiger partial charge in [0.05, 0.1) is 0 Å². The number of hydrogen-bond donors (Lipinski definition) is 1. The lowest BCUT2D eigenvalue weighted by atomic mass is 10.4. The first-order valence-corrected chi connectivity index (χ1v) is 5.04. The van der Waals surface area contributed by atoms with Gasteiger partial charge in [-0.15, -0.1) is 0 Å². The van der Waals surface area contributed by atoms with E-state index in [4.69, 9.17) is 5.73 Å². The average molecular weight is 209 g/mol. The zero-order valence-corrected chi connectivity index (χ0v) is 9.64. The normalized spacial score (nSPS) is 10.7. The topological polar surface area (TPSA) is 58.3 Å². The van der Waals surface area contributed by atoms with Crippen LogP contribution in [0.5, 0.6) is 0 Å². The number of aromatic nitrogens is 2. The fourth-order valence-electron chi connectivity index (χ4n) is 1.27. The van der Waals surface area contributed by atoms with E-state index in [0.717, 1.165) is 19.5 Å². The largest absolute Gasteiger partial charge is 0.384 e. The highest BCUT2D eigenvalue weighted by Crippen LogP contribution is 2.06. The second-order valence-corrected chi connectivity index (χ2v) is 3.86. The van der Waals surface area contributed by atoms with Gasteiger partial charge in [-0.1, -0.05) is 0 Å². The van der Waals surface area contributed by atoms with Crippen molar-refractivity contribution in [1.29, 1.82) is 0 Å². The summed E-state index contributed by atoms with van der Waals surface area (Å²) in [7, 11) is 6.11. The molecule has 15 heavy (non-hydrogen) atoms. The first kappa shape index (κ1) is 11.7. The van der Waals surface area contributed by atoms with Crippen LogP contribution in [0.3, 0.4) is 0 Å². The van der Waals surface area contributed by atoms with Gasteiger partial charge < -0.3 is 15.5 Å². The molecule has 0 bridgehead atoms. The predicted molar refractivity (Wildman–Crippen MR) is 62.9 cm³/mol. The molecule has 0 aliphatic heterocycles. The van der Waals surface area contributed by atoms with Crippen molar-refractivity contribution in [2.75, 3.05) is 44.9 Å². The molecule has 2 N–H and O–H groups in total. The Morgan fingerprint density at radius 2 is 2.00 bits per heavy atom. The summed E-state index contributed by atoms with van der Waals surface area (Å²) in [4.78, 5) is 12.5. The molecule has 0 aliphatic carbocycles. The van der Waals surface area contributed by atoms with E-state index in [1.807, 2.05) is 11.9 Å². The van der Waals surface area contributed by atoms with Crippen molar-refractivity contribution in [3.05, 3.63) is 12.3 Å². The highest BCUT2D eigenvalue weighted by Gasteiger charge is 2.03. The van der Waals surface area contributed by atoms with Crippen molar-refractivity contribution >= 4 is 11.8 Å². The first-order valence-electron chi connectivity index (χ1n) is 5.04. The van der Waals surface area contributed by atoms with Gasteiger partial charge in [0.25, 0.3) is 0 Å². The Bertz CT molecular complexity index is 300. The van der Waals surface area contributed by atoms with E-state index in [1.165, 1.54) is 0 Å². The minimum Gasteiger partial charge on any atom is -0.384 e. The van der Waals surface area contributed by atoms with Crippen LogP contribution in [0.1, 0.15) is 6.42 Å². The van der Waals surface area contributed by atoms with E-state index in [2.05, 4.69) is 29.0 Å². The fourth-order valence-corrected chi connectivity index (χ4v) is 1.27. The Labute approximate surface area is 90.9 Å². The van der Waals surface area contributed by atoms with Crippen LogP contribution in [0, 0.1) is 0 Å². The minimum atomic E-state index is 0.513. The van der Waals surface area contributed by atoms with Crippen LogP contribution in [-0.4, -0.2) is 49.1 Å². The summed E-state index contributed by atoms with van der Waals surface area (Å²) in [5, 5.41) is 0. The van der Waals surface area contributed by atoms with Gasteiger partial charge >= 0.3 is 0 Å². The summed E-state index contributed by atoms with van der Waals surface area (Å²) in [5.41, 5.74) is 5.59. The van der Waals surface area contributed by atoms with Crippen molar-refractivity contribution in [1.82, 2.24) is 14.9 Å². The lowest BCUT2D eigenvalue weighted by Gasteiger charge is -2.18. The SMILES string of the molecule is CN(C)CCCN(C)c1nccc(N)n1. The van der Waals surface area contributed by atoms with Crippen LogP contribution in [0.15, 0.2) is 12.3 Å². The maximum absolute atomic E-state index is 5.59. The van der Waals surface area contributed by atoms with Crippen LogP contribution in [-0.2, 0) is 0 Å². The Morgan fingerprint density at radius 1 is 1.27 bits per heavy atom. The molecule has 0 amide bonds. The van der Waals surface area contributed by atoms with Crippen LogP contribution < -0.4 is 10.6 Å². The van der Waals surface area contributed by atoms with Gasteiger partial charge in [-0.3, -0.25) is 0 Å². The Kier molecular flexibility index (Phi) is 4.30. The Balaban J connectivity index is 2.43. The molecule has 0 unspecified atom stereocenters. The Hall–Kier alpha value is -1.36. The zero-order valence-electron chi connectivity index (χ0n) is 9.64. The van der Waals surface area contributed by atoms with Gasteiger partial charge in [0.2, 0.25) is 5.95 Å². The van der Waals surface area contributed by atoms with E-state index in [9.17, 15) is 0 Å². The molecule has 0 saturated carbocycles. The van der Waals surface area contributed by atoms with Crippen molar-refractivity contribution in [2.24, 2.45) is 0 Å². The van der Waals surface area contributed by atoms with Gasteiger partial charge in [0, 0.05) is 19.8 Å². The Morgan fingerprint density at radius 3 is 2.60 bits per heavy atom. The van der Waals surface area contributed by atoms with Crippen LogP contribution in [0.4, 0.5) is 11.8 Å². The molecule has 1 heterocycles.